The highest BCUT2D eigenvalue weighted by atomic mass is 16.5. The molecule has 1 aliphatic rings. The van der Waals surface area contributed by atoms with Crippen LogP contribution in [-0.4, -0.2) is 49.9 Å². The van der Waals surface area contributed by atoms with Gasteiger partial charge in [-0.2, -0.15) is 0 Å². The number of ether oxygens (including phenoxy) is 1. The second-order valence-corrected chi connectivity index (χ2v) is 4.63. The minimum Gasteiger partial charge on any atom is -0.458 e. The average Bonchev–Trinajstić information content (AvgIpc) is 3.02. The van der Waals surface area contributed by atoms with Gasteiger partial charge in [0, 0.05) is 18.9 Å². The number of imidazole rings is 1. The molecule has 1 fully saturated rings. The van der Waals surface area contributed by atoms with Crippen molar-refractivity contribution in [2.75, 3.05) is 13.1 Å². The van der Waals surface area contributed by atoms with Crippen LogP contribution in [0.2, 0.25) is 0 Å². The molecule has 1 saturated heterocycles. The number of likely N-dealkylation sites (tertiary alicyclic amines) is 1. The Hall–Kier alpha value is -2.44. The highest BCUT2D eigenvalue weighted by molar-refractivity contribution is 5.92. The SMILES string of the molecule is O=C(c1cnc[nH]1)N1CCCC(Oc2ncccn2)C1. The van der Waals surface area contributed by atoms with Crippen molar-refractivity contribution in [2.45, 2.75) is 18.9 Å². The predicted octanol–water partition coefficient (Wildman–Crippen LogP) is 0.883. The maximum absolute atomic E-state index is 12.2. The molecule has 0 aliphatic carbocycles. The van der Waals surface area contributed by atoms with Crippen molar-refractivity contribution >= 4 is 5.91 Å². The van der Waals surface area contributed by atoms with Gasteiger partial charge in [-0.25, -0.2) is 15.0 Å². The quantitative estimate of drug-likeness (QED) is 0.897. The van der Waals surface area contributed by atoms with Gasteiger partial charge in [0.2, 0.25) is 0 Å². The number of carbonyl (C=O) groups is 1. The van der Waals surface area contributed by atoms with Gasteiger partial charge in [-0.15, -0.1) is 0 Å². The Labute approximate surface area is 116 Å². The lowest BCUT2D eigenvalue weighted by molar-refractivity contribution is 0.0511. The zero-order valence-electron chi connectivity index (χ0n) is 10.9. The van der Waals surface area contributed by atoms with Crippen LogP contribution < -0.4 is 4.74 Å². The highest BCUT2D eigenvalue weighted by Gasteiger charge is 2.26. The second-order valence-electron chi connectivity index (χ2n) is 4.63. The number of nitrogens with one attached hydrogen (secondary N) is 1. The molecule has 1 N–H and O–H groups in total. The van der Waals surface area contributed by atoms with E-state index in [0.29, 0.717) is 18.2 Å². The van der Waals surface area contributed by atoms with Crippen LogP contribution in [0.5, 0.6) is 6.01 Å². The maximum Gasteiger partial charge on any atom is 0.316 e. The number of carbonyl (C=O) groups excluding carboxylic acids is 1. The van der Waals surface area contributed by atoms with Crippen molar-refractivity contribution in [1.29, 1.82) is 0 Å². The number of hydrogen-bond donors (Lipinski definition) is 1. The average molecular weight is 273 g/mol. The van der Waals surface area contributed by atoms with E-state index in [9.17, 15) is 4.79 Å². The van der Waals surface area contributed by atoms with Gasteiger partial charge in [0.1, 0.15) is 11.8 Å². The first-order valence-corrected chi connectivity index (χ1v) is 6.54. The van der Waals surface area contributed by atoms with Crippen LogP contribution >= 0.6 is 0 Å². The molecule has 0 bridgehead atoms. The Morgan fingerprint density at radius 2 is 2.25 bits per heavy atom. The number of aromatic nitrogens is 4. The minimum absolute atomic E-state index is 0.0511. The smallest absolute Gasteiger partial charge is 0.316 e. The molecule has 0 aromatic carbocycles. The Morgan fingerprint density at radius 3 is 3.00 bits per heavy atom. The number of amides is 1. The Bertz CT molecular complexity index is 557. The van der Waals surface area contributed by atoms with Crippen molar-refractivity contribution in [2.24, 2.45) is 0 Å². The summed E-state index contributed by atoms with van der Waals surface area (Å²) in [5, 5.41) is 0. The molecule has 7 heteroatoms. The Kier molecular flexibility index (Phi) is 3.58. The van der Waals surface area contributed by atoms with E-state index in [1.54, 1.807) is 23.4 Å². The monoisotopic (exact) mass is 273 g/mol. The molecule has 7 nitrogen and oxygen atoms in total. The zero-order chi connectivity index (χ0) is 13.8. The first-order chi connectivity index (χ1) is 9.83. The maximum atomic E-state index is 12.2. The van der Waals surface area contributed by atoms with Crippen molar-refractivity contribution in [3.05, 3.63) is 36.7 Å². The van der Waals surface area contributed by atoms with E-state index in [1.807, 2.05) is 0 Å². The van der Waals surface area contributed by atoms with Crippen LogP contribution in [0.4, 0.5) is 0 Å². The van der Waals surface area contributed by atoms with Crippen molar-refractivity contribution in [1.82, 2.24) is 24.8 Å². The third kappa shape index (κ3) is 2.76. The third-order valence-corrected chi connectivity index (χ3v) is 3.21. The van der Waals surface area contributed by atoms with Crippen molar-refractivity contribution in [3.8, 4) is 6.01 Å². The third-order valence-electron chi connectivity index (χ3n) is 3.21. The van der Waals surface area contributed by atoms with E-state index in [-0.39, 0.29) is 12.0 Å². The van der Waals surface area contributed by atoms with Crippen LogP contribution in [-0.2, 0) is 0 Å². The summed E-state index contributed by atoms with van der Waals surface area (Å²) in [6.07, 6.45) is 8.04. The predicted molar refractivity (Wildman–Crippen MR) is 70.2 cm³/mol. The van der Waals surface area contributed by atoms with Crippen LogP contribution in [0.25, 0.3) is 0 Å². The number of nitrogens with zero attached hydrogens (tertiary/aromatic N) is 4. The van der Waals surface area contributed by atoms with Gasteiger partial charge in [0.15, 0.2) is 0 Å². The summed E-state index contributed by atoms with van der Waals surface area (Å²) in [5.41, 5.74) is 0.501. The topological polar surface area (TPSA) is 84.0 Å². The molecule has 1 aliphatic heterocycles. The van der Waals surface area contributed by atoms with E-state index in [2.05, 4.69) is 19.9 Å². The number of rotatable bonds is 3. The first-order valence-electron chi connectivity index (χ1n) is 6.54. The van der Waals surface area contributed by atoms with Gasteiger partial charge < -0.3 is 14.6 Å². The number of H-pyrrole nitrogens is 1. The molecule has 0 spiro atoms. The van der Waals surface area contributed by atoms with Crippen LogP contribution in [0.15, 0.2) is 31.0 Å². The molecule has 20 heavy (non-hydrogen) atoms. The molecule has 3 heterocycles. The van der Waals surface area contributed by atoms with E-state index in [4.69, 9.17) is 4.74 Å². The fourth-order valence-corrected chi connectivity index (χ4v) is 2.26. The van der Waals surface area contributed by atoms with Gasteiger partial charge in [0.25, 0.3) is 5.91 Å². The van der Waals surface area contributed by atoms with E-state index < -0.39 is 0 Å². The Balaban J connectivity index is 1.63. The summed E-state index contributed by atoms with van der Waals surface area (Å²) in [7, 11) is 0. The summed E-state index contributed by atoms with van der Waals surface area (Å²) in [5.74, 6) is -0.0511. The summed E-state index contributed by atoms with van der Waals surface area (Å²) in [4.78, 5) is 28.8. The molecule has 0 radical (unpaired) electrons. The number of piperidine rings is 1. The Morgan fingerprint density at radius 1 is 1.40 bits per heavy atom. The largest absolute Gasteiger partial charge is 0.458 e. The lowest BCUT2D eigenvalue weighted by Gasteiger charge is -2.31. The second kappa shape index (κ2) is 5.68. The first kappa shape index (κ1) is 12.6. The number of aromatic amines is 1. The fourth-order valence-electron chi connectivity index (χ4n) is 2.26. The van der Waals surface area contributed by atoms with Gasteiger partial charge in [-0.1, -0.05) is 0 Å². The van der Waals surface area contributed by atoms with Crippen LogP contribution in [0.1, 0.15) is 23.3 Å². The molecule has 104 valence electrons. The van der Waals surface area contributed by atoms with E-state index in [0.717, 1.165) is 19.4 Å². The molecule has 1 unspecified atom stereocenters. The lowest BCUT2D eigenvalue weighted by Crippen LogP contribution is -2.44. The molecule has 1 amide bonds. The summed E-state index contributed by atoms with van der Waals surface area (Å²) in [6, 6.07) is 2.09. The minimum atomic E-state index is -0.0713. The van der Waals surface area contributed by atoms with Gasteiger partial charge >= 0.3 is 6.01 Å². The standard InChI is InChI=1S/C13H15N5O2/c19-12(11-7-14-9-17-11)18-6-1-3-10(8-18)20-13-15-4-2-5-16-13/h2,4-5,7,9-10H,1,3,6,8H2,(H,14,17). The highest BCUT2D eigenvalue weighted by Crippen LogP contribution is 2.16. The zero-order valence-corrected chi connectivity index (χ0v) is 10.9. The van der Waals surface area contributed by atoms with Gasteiger partial charge in [-0.05, 0) is 18.9 Å². The van der Waals surface area contributed by atoms with Crippen molar-refractivity contribution < 1.29 is 9.53 Å². The van der Waals surface area contributed by atoms with Crippen LogP contribution in [0.3, 0.4) is 0 Å². The molecular formula is C13H15N5O2. The van der Waals surface area contributed by atoms with E-state index in [1.165, 1.54) is 12.5 Å². The van der Waals surface area contributed by atoms with Crippen LogP contribution in [0, 0.1) is 0 Å². The molecule has 1 atom stereocenters. The van der Waals surface area contributed by atoms with Gasteiger partial charge in [0.05, 0.1) is 19.1 Å². The molecule has 2 aromatic heterocycles. The molecule has 3 rings (SSSR count). The summed E-state index contributed by atoms with van der Waals surface area (Å²) >= 11 is 0. The molecular weight excluding hydrogens is 258 g/mol. The van der Waals surface area contributed by atoms with Gasteiger partial charge in [-0.3, -0.25) is 4.79 Å². The fraction of sp³-hybridized carbons (Fsp3) is 0.385. The number of hydrogen-bond acceptors (Lipinski definition) is 5. The lowest BCUT2D eigenvalue weighted by atomic mass is 10.1. The molecule has 2 aromatic rings. The van der Waals surface area contributed by atoms with Crippen molar-refractivity contribution in [3.63, 3.8) is 0 Å². The normalized spacial score (nSPS) is 18.8. The summed E-state index contributed by atoms with van der Waals surface area (Å²) in [6.45, 7) is 1.27. The molecule has 0 saturated carbocycles. The summed E-state index contributed by atoms with van der Waals surface area (Å²) < 4.78 is 5.71. The van der Waals surface area contributed by atoms with E-state index >= 15 is 0 Å².